The van der Waals surface area contributed by atoms with Gasteiger partial charge in [-0.15, -0.1) is 0 Å². The number of ether oxygens (including phenoxy) is 2. The van der Waals surface area contributed by atoms with Gasteiger partial charge < -0.3 is 14.4 Å². The molecule has 0 aliphatic carbocycles. The number of hydrogen-bond acceptors (Lipinski definition) is 7. The summed E-state index contributed by atoms with van der Waals surface area (Å²) in [6, 6.07) is 4.01. The Labute approximate surface area is 128 Å². The largest absolute Gasteiger partial charge is 0.458 e. The molecule has 0 aromatic carbocycles. The fraction of sp³-hybridized carbons (Fsp3) is 0.467. The fourth-order valence-electron chi connectivity index (χ4n) is 3.13. The van der Waals surface area contributed by atoms with Crippen molar-refractivity contribution in [3.8, 4) is 6.01 Å². The van der Waals surface area contributed by atoms with Gasteiger partial charge in [-0.3, -0.25) is 0 Å². The van der Waals surface area contributed by atoms with Crippen molar-refractivity contribution in [2.24, 2.45) is 0 Å². The molecular weight excluding hydrogens is 282 g/mol. The van der Waals surface area contributed by atoms with E-state index in [2.05, 4.69) is 24.8 Å². The molecule has 2 fully saturated rings. The molecule has 4 rings (SSSR count). The van der Waals surface area contributed by atoms with E-state index in [0.29, 0.717) is 12.6 Å². The summed E-state index contributed by atoms with van der Waals surface area (Å²) in [6.07, 6.45) is 8.69. The van der Waals surface area contributed by atoms with E-state index in [9.17, 15) is 0 Å². The highest BCUT2D eigenvalue weighted by atomic mass is 16.6. The van der Waals surface area contributed by atoms with E-state index in [1.54, 1.807) is 30.9 Å². The molecule has 2 aliphatic heterocycles. The zero-order valence-corrected chi connectivity index (χ0v) is 12.1. The summed E-state index contributed by atoms with van der Waals surface area (Å²) >= 11 is 0. The molecule has 2 aromatic heterocycles. The van der Waals surface area contributed by atoms with Crippen molar-refractivity contribution in [2.75, 3.05) is 24.6 Å². The lowest BCUT2D eigenvalue weighted by molar-refractivity contribution is 0.0192. The molecule has 2 saturated heterocycles. The van der Waals surface area contributed by atoms with E-state index in [-0.39, 0.29) is 11.7 Å². The maximum Gasteiger partial charge on any atom is 0.316 e. The minimum Gasteiger partial charge on any atom is -0.458 e. The molecule has 0 unspecified atom stereocenters. The summed E-state index contributed by atoms with van der Waals surface area (Å²) in [5.41, 5.74) is -0.168. The summed E-state index contributed by atoms with van der Waals surface area (Å²) in [5, 5.41) is 0. The van der Waals surface area contributed by atoms with Crippen LogP contribution in [0.3, 0.4) is 0 Å². The van der Waals surface area contributed by atoms with E-state index in [4.69, 9.17) is 9.47 Å². The third-order valence-electron chi connectivity index (χ3n) is 4.14. The maximum atomic E-state index is 6.06. The van der Waals surface area contributed by atoms with Crippen molar-refractivity contribution in [1.82, 2.24) is 19.9 Å². The topological polar surface area (TPSA) is 73.3 Å². The monoisotopic (exact) mass is 299 g/mol. The quantitative estimate of drug-likeness (QED) is 0.839. The van der Waals surface area contributed by atoms with Crippen LogP contribution in [0.5, 0.6) is 6.01 Å². The summed E-state index contributed by atoms with van der Waals surface area (Å²) in [7, 11) is 0. The first-order valence-electron chi connectivity index (χ1n) is 7.43. The highest BCUT2D eigenvalue weighted by Crippen LogP contribution is 2.37. The molecule has 0 amide bonds. The average Bonchev–Trinajstić information content (AvgIpc) is 3.17. The van der Waals surface area contributed by atoms with Gasteiger partial charge in [0, 0.05) is 37.8 Å². The molecule has 0 bridgehead atoms. The lowest BCUT2D eigenvalue weighted by Crippen LogP contribution is -2.34. The Morgan fingerprint density at radius 3 is 2.59 bits per heavy atom. The summed E-state index contributed by atoms with van der Waals surface area (Å²) in [4.78, 5) is 19.0. The first-order valence-corrected chi connectivity index (χ1v) is 7.43. The van der Waals surface area contributed by atoms with Crippen molar-refractivity contribution >= 4 is 5.95 Å². The smallest absolute Gasteiger partial charge is 0.316 e. The van der Waals surface area contributed by atoms with E-state index in [1.807, 2.05) is 6.07 Å². The van der Waals surface area contributed by atoms with Gasteiger partial charge in [-0.1, -0.05) is 0 Å². The predicted octanol–water partition coefficient (Wildman–Crippen LogP) is 1.08. The minimum atomic E-state index is -0.168. The van der Waals surface area contributed by atoms with Gasteiger partial charge in [-0.2, -0.15) is 0 Å². The van der Waals surface area contributed by atoms with Crippen LogP contribution in [0.15, 0.2) is 36.9 Å². The molecule has 7 heteroatoms. The van der Waals surface area contributed by atoms with E-state index in [1.165, 1.54) is 0 Å². The third-order valence-corrected chi connectivity index (χ3v) is 4.14. The van der Waals surface area contributed by atoms with Gasteiger partial charge in [0.2, 0.25) is 5.95 Å². The van der Waals surface area contributed by atoms with E-state index in [0.717, 1.165) is 31.9 Å². The van der Waals surface area contributed by atoms with E-state index >= 15 is 0 Å². The summed E-state index contributed by atoms with van der Waals surface area (Å²) < 4.78 is 11.9. The van der Waals surface area contributed by atoms with Gasteiger partial charge in [-0.05, 0) is 18.6 Å². The van der Waals surface area contributed by atoms with Crippen molar-refractivity contribution in [2.45, 2.75) is 24.5 Å². The van der Waals surface area contributed by atoms with Crippen molar-refractivity contribution in [1.29, 1.82) is 0 Å². The number of rotatable bonds is 3. The SMILES string of the molecule is c1cnc(O[C@@H]2CO[C@@]3(CCN(c4ncccn4)C3)C2)nc1. The Hall–Kier alpha value is -2.28. The zero-order chi connectivity index (χ0) is 14.8. The second-order valence-electron chi connectivity index (χ2n) is 5.69. The van der Waals surface area contributed by atoms with Gasteiger partial charge >= 0.3 is 6.01 Å². The molecule has 0 N–H and O–H groups in total. The normalized spacial score (nSPS) is 27.5. The van der Waals surface area contributed by atoms with Crippen LogP contribution < -0.4 is 9.64 Å². The van der Waals surface area contributed by atoms with Crippen LogP contribution in [0, 0.1) is 0 Å². The second-order valence-corrected chi connectivity index (χ2v) is 5.69. The number of nitrogens with zero attached hydrogens (tertiary/aromatic N) is 5. The van der Waals surface area contributed by atoms with Crippen molar-refractivity contribution < 1.29 is 9.47 Å². The second kappa shape index (κ2) is 5.49. The molecule has 2 aliphatic rings. The number of aromatic nitrogens is 4. The molecule has 4 heterocycles. The molecule has 2 aromatic rings. The Balaban J connectivity index is 1.40. The van der Waals surface area contributed by atoms with Crippen LogP contribution in [-0.4, -0.2) is 51.3 Å². The molecule has 114 valence electrons. The van der Waals surface area contributed by atoms with Crippen molar-refractivity contribution in [3.63, 3.8) is 0 Å². The lowest BCUT2D eigenvalue weighted by atomic mass is 9.98. The number of hydrogen-bond donors (Lipinski definition) is 0. The molecule has 7 nitrogen and oxygen atoms in total. The van der Waals surface area contributed by atoms with Gasteiger partial charge in [0.25, 0.3) is 0 Å². The molecule has 0 saturated carbocycles. The van der Waals surface area contributed by atoms with Crippen LogP contribution in [0.4, 0.5) is 5.95 Å². The van der Waals surface area contributed by atoms with Gasteiger partial charge in [0.05, 0.1) is 18.8 Å². The zero-order valence-electron chi connectivity index (χ0n) is 12.1. The number of anilines is 1. The first-order chi connectivity index (χ1) is 10.8. The van der Waals surface area contributed by atoms with Gasteiger partial charge in [0.1, 0.15) is 6.10 Å². The standard InChI is InChI=1S/C15H17N5O2/c1-4-16-13(17-5-1)20-8-3-15(11-20)9-12(10-21-15)22-14-18-6-2-7-19-14/h1-2,4-7,12H,3,8-11H2/t12-,15-/m0/s1. The lowest BCUT2D eigenvalue weighted by Gasteiger charge is -2.23. The minimum absolute atomic E-state index is 0.000887. The molecule has 1 spiro atoms. The molecule has 2 atom stereocenters. The highest BCUT2D eigenvalue weighted by Gasteiger charge is 2.47. The summed E-state index contributed by atoms with van der Waals surface area (Å²) in [5.74, 6) is 0.763. The van der Waals surface area contributed by atoms with Crippen LogP contribution in [0.1, 0.15) is 12.8 Å². The highest BCUT2D eigenvalue weighted by molar-refractivity contribution is 5.32. The molecular formula is C15H17N5O2. The van der Waals surface area contributed by atoms with Crippen LogP contribution in [0.2, 0.25) is 0 Å². The van der Waals surface area contributed by atoms with E-state index < -0.39 is 0 Å². The molecule has 22 heavy (non-hydrogen) atoms. The van der Waals surface area contributed by atoms with Crippen molar-refractivity contribution in [3.05, 3.63) is 36.9 Å². The Morgan fingerprint density at radius 2 is 1.82 bits per heavy atom. The van der Waals surface area contributed by atoms with Gasteiger partial charge in [0.15, 0.2) is 0 Å². The molecule has 0 radical (unpaired) electrons. The van der Waals surface area contributed by atoms with Crippen LogP contribution in [-0.2, 0) is 4.74 Å². The fourth-order valence-corrected chi connectivity index (χ4v) is 3.13. The Morgan fingerprint density at radius 1 is 1.09 bits per heavy atom. The first kappa shape index (κ1) is 13.4. The average molecular weight is 299 g/mol. The predicted molar refractivity (Wildman–Crippen MR) is 78.6 cm³/mol. The third kappa shape index (κ3) is 2.59. The maximum absolute atomic E-state index is 6.06. The summed E-state index contributed by atoms with van der Waals surface area (Å²) in [6.45, 7) is 2.27. The Bertz CT molecular complexity index is 626. The van der Waals surface area contributed by atoms with Crippen LogP contribution >= 0.6 is 0 Å². The van der Waals surface area contributed by atoms with Gasteiger partial charge in [-0.25, -0.2) is 19.9 Å². The Kier molecular flexibility index (Phi) is 3.34. The van der Waals surface area contributed by atoms with Crippen LogP contribution in [0.25, 0.3) is 0 Å².